The minimum absolute atomic E-state index is 0. The average molecular weight is 371 g/mol. The molecule has 0 aromatic carbocycles. The predicted molar refractivity (Wildman–Crippen MR) is 108 cm³/mol. The highest BCUT2D eigenvalue weighted by atomic mass is 16.4. The highest BCUT2D eigenvalue weighted by molar-refractivity contribution is 5.74. The predicted octanol–water partition coefficient (Wildman–Crippen LogP) is 4.60. The topological polar surface area (TPSA) is 119 Å². The number of carbonyl (C=O) groups is 3. The Labute approximate surface area is 159 Å². The van der Waals surface area contributed by atoms with Crippen LogP contribution in [-0.4, -0.2) is 28.1 Å². The van der Waals surface area contributed by atoms with Crippen LogP contribution in [0.3, 0.4) is 0 Å². The third kappa shape index (κ3) is 26.8. The van der Waals surface area contributed by atoms with Crippen molar-refractivity contribution in [2.45, 2.75) is 80.6 Å². The number of aldehydes is 1. The van der Waals surface area contributed by atoms with E-state index in [1.165, 1.54) is 17.0 Å². The number of hydrogen-bond donors (Lipinski definition) is 2. The van der Waals surface area contributed by atoms with Crippen molar-refractivity contribution in [2.75, 3.05) is 0 Å². The number of pyridine rings is 1. The maximum atomic E-state index is 9.81. The molecule has 6 nitrogen and oxygen atoms in total. The molecular weight excluding hydrogens is 332 g/mol. The van der Waals surface area contributed by atoms with Gasteiger partial charge < -0.3 is 20.8 Å². The summed E-state index contributed by atoms with van der Waals surface area (Å²) in [6.07, 6.45) is 5.38. The van der Waals surface area contributed by atoms with Gasteiger partial charge in [0.1, 0.15) is 12.1 Å². The van der Waals surface area contributed by atoms with Gasteiger partial charge in [-0.3, -0.25) is 9.78 Å². The summed E-state index contributed by atoms with van der Waals surface area (Å²) < 4.78 is 0. The summed E-state index contributed by atoms with van der Waals surface area (Å²) in [5.74, 6) is -0.579. The van der Waals surface area contributed by atoms with E-state index in [4.69, 9.17) is 9.90 Å². The summed E-state index contributed by atoms with van der Waals surface area (Å²) in [4.78, 5) is 32.5. The van der Waals surface area contributed by atoms with E-state index in [1.54, 1.807) is 6.92 Å². The van der Waals surface area contributed by atoms with E-state index in [9.17, 15) is 9.59 Å². The number of Topliss-reactive ketones (excluding diaryl/α,β-unsaturated/α-hetero) is 1. The fourth-order valence-corrected chi connectivity index (χ4v) is 1.29. The van der Waals surface area contributed by atoms with Crippen LogP contribution in [0.1, 0.15) is 78.3 Å². The first-order valence-electron chi connectivity index (χ1n) is 8.83. The maximum absolute atomic E-state index is 9.81. The van der Waals surface area contributed by atoms with E-state index in [1.807, 2.05) is 13.8 Å². The van der Waals surface area contributed by atoms with Crippen LogP contribution in [0.15, 0.2) is 12.1 Å². The molecule has 0 bridgehead atoms. The molecule has 1 rings (SSSR count). The number of carboxylic acid groups (broad SMARTS) is 1. The molecule has 0 saturated carbocycles. The van der Waals surface area contributed by atoms with Crippen LogP contribution in [0.2, 0.25) is 0 Å². The molecule has 0 aliphatic heterocycles. The van der Waals surface area contributed by atoms with Gasteiger partial charge in [-0.1, -0.05) is 34.6 Å². The van der Waals surface area contributed by atoms with E-state index in [-0.39, 0.29) is 11.9 Å². The zero-order valence-electron chi connectivity index (χ0n) is 17.6. The second-order valence-electron chi connectivity index (χ2n) is 5.17. The van der Waals surface area contributed by atoms with Crippen molar-refractivity contribution in [3.05, 3.63) is 29.1 Å². The quantitative estimate of drug-likeness (QED) is 0.731. The number of nitrogens with zero attached hydrogens (tertiary/aromatic N) is 1. The molecule has 0 fully saturated rings. The molecule has 0 amide bonds. The molecule has 0 aliphatic rings. The Morgan fingerprint density at radius 3 is 1.42 bits per heavy atom. The summed E-state index contributed by atoms with van der Waals surface area (Å²) >= 11 is 0. The van der Waals surface area contributed by atoms with Gasteiger partial charge in [0.25, 0.3) is 5.97 Å². The van der Waals surface area contributed by atoms with Crippen LogP contribution in [0.25, 0.3) is 0 Å². The molecule has 0 atom stereocenters. The zero-order chi connectivity index (χ0) is 20.3. The minimum Gasteiger partial charge on any atom is -0.481 e. The number of aryl methyl sites for hydroxylation is 3. The molecular formula is C20H38N2O4. The van der Waals surface area contributed by atoms with Crippen molar-refractivity contribution in [3.8, 4) is 0 Å². The standard InChI is InChI=1S/C11H17N.C4H8O.C3H6O.C2H4O2.H3N/c1-4-9-7-10(5-2)12-11(6-3)8-9;1-3-4(2)5;1-2-3-4;1-2(3)4;/h7-8H,4-6H2,1-3H3;3H2,1-2H3;3H,2H2,1H3;1H3,(H,3,4);1H3. The lowest BCUT2D eigenvalue weighted by molar-refractivity contribution is -0.134. The Balaban J connectivity index is -0.000000145. The van der Waals surface area contributed by atoms with Gasteiger partial charge in [-0.25, -0.2) is 0 Å². The van der Waals surface area contributed by atoms with E-state index in [0.29, 0.717) is 12.8 Å². The van der Waals surface area contributed by atoms with Gasteiger partial charge in [0.2, 0.25) is 0 Å². The molecule has 1 heterocycles. The number of aromatic nitrogens is 1. The normalized spacial score (nSPS) is 8.12. The minimum atomic E-state index is -0.833. The van der Waals surface area contributed by atoms with Crippen LogP contribution in [0.4, 0.5) is 0 Å². The molecule has 1 aromatic rings. The number of hydrogen-bond acceptors (Lipinski definition) is 5. The zero-order valence-corrected chi connectivity index (χ0v) is 17.6. The third-order valence-corrected chi connectivity index (χ3v) is 2.79. The summed E-state index contributed by atoms with van der Waals surface area (Å²) in [6, 6.07) is 4.42. The largest absolute Gasteiger partial charge is 0.481 e. The molecule has 0 saturated heterocycles. The molecule has 0 radical (unpaired) electrons. The maximum Gasteiger partial charge on any atom is 0.300 e. The molecule has 4 N–H and O–H groups in total. The average Bonchev–Trinajstić information content (AvgIpc) is 2.61. The molecule has 26 heavy (non-hydrogen) atoms. The van der Waals surface area contributed by atoms with Crippen molar-refractivity contribution in [2.24, 2.45) is 0 Å². The van der Waals surface area contributed by atoms with Crippen LogP contribution < -0.4 is 6.15 Å². The van der Waals surface area contributed by atoms with E-state index >= 15 is 0 Å². The number of carboxylic acids is 1. The van der Waals surface area contributed by atoms with Crippen LogP contribution >= 0.6 is 0 Å². The fourth-order valence-electron chi connectivity index (χ4n) is 1.29. The molecule has 0 unspecified atom stereocenters. The summed E-state index contributed by atoms with van der Waals surface area (Å²) in [6.45, 7) is 12.8. The van der Waals surface area contributed by atoms with Crippen molar-refractivity contribution < 1.29 is 19.5 Å². The monoisotopic (exact) mass is 370 g/mol. The smallest absolute Gasteiger partial charge is 0.300 e. The van der Waals surface area contributed by atoms with Crippen molar-refractivity contribution in [3.63, 3.8) is 0 Å². The highest BCUT2D eigenvalue weighted by Gasteiger charge is 1.98. The molecule has 6 heteroatoms. The number of carbonyl (C=O) groups excluding carboxylic acids is 2. The lowest BCUT2D eigenvalue weighted by Crippen LogP contribution is -1.96. The highest BCUT2D eigenvalue weighted by Crippen LogP contribution is 2.08. The van der Waals surface area contributed by atoms with Gasteiger partial charge in [-0.15, -0.1) is 0 Å². The summed E-state index contributed by atoms with van der Waals surface area (Å²) in [5.41, 5.74) is 3.87. The Bertz CT molecular complexity index is 429. The van der Waals surface area contributed by atoms with Gasteiger partial charge in [-0.05, 0) is 43.9 Å². The lowest BCUT2D eigenvalue weighted by atomic mass is 10.1. The fraction of sp³-hybridized carbons (Fsp3) is 0.600. The Hall–Kier alpha value is -2.08. The molecule has 152 valence electrons. The van der Waals surface area contributed by atoms with Crippen LogP contribution in [-0.2, 0) is 33.6 Å². The van der Waals surface area contributed by atoms with Gasteiger partial charge in [-0.2, -0.15) is 0 Å². The van der Waals surface area contributed by atoms with E-state index < -0.39 is 5.97 Å². The van der Waals surface area contributed by atoms with Gasteiger partial charge >= 0.3 is 0 Å². The first kappa shape index (κ1) is 31.7. The second-order valence-corrected chi connectivity index (χ2v) is 5.17. The third-order valence-electron chi connectivity index (χ3n) is 2.79. The first-order chi connectivity index (χ1) is 11.7. The van der Waals surface area contributed by atoms with Crippen molar-refractivity contribution >= 4 is 18.0 Å². The van der Waals surface area contributed by atoms with Gasteiger partial charge in [0.15, 0.2) is 0 Å². The van der Waals surface area contributed by atoms with Crippen LogP contribution in [0, 0.1) is 0 Å². The Kier molecular flexibility index (Phi) is 27.9. The Morgan fingerprint density at radius 1 is 0.962 bits per heavy atom. The van der Waals surface area contributed by atoms with E-state index in [0.717, 1.165) is 32.5 Å². The Morgan fingerprint density at radius 2 is 1.27 bits per heavy atom. The second kappa shape index (κ2) is 22.9. The molecule has 0 spiro atoms. The number of ketones is 1. The molecule has 1 aromatic heterocycles. The number of aliphatic carboxylic acids is 1. The summed E-state index contributed by atoms with van der Waals surface area (Å²) in [5, 5.41) is 7.42. The number of rotatable bonds is 5. The van der Waals surface area contributed by atoms with Crippen molar-refractivity contribution in [1.82, 2.24) is 11.1 Å². The van der Waals surface area contributed by atoms with Crippen LogP contribution in [0.5, 0.6) is 0 Å². The molecule has 0 aliphatic carbocycles. The van der Waals surface area contributed by atoms with Gasteiger partial charge in [0, 0.05) is 31.2 Å². The van der Waals surface area contributed by atoms with Crippen molar-refractivity contribution in [1.29, 1.82) is 0 Å². The first-order valence-corrected chi connectivity index (χ1v) is 8.83. The van der Waals surface area contributed by atoms with Gasteiger partial charge in [0.05, 0.1) is 0 Å². The lowest BCUT2D eigenvalue weighted by Gasteiger charge is -2.04. The summed E-state index contributed by atoms with van der Waals surface area (Å²) in [7, 11) is 0. The SMILES string of the molecule is CC(=O)O.CCC(C)=O.CCC=O.CCc1cc(CC)nc(CC)c1.N. The van der Waals surface area contributed by atoms with E-state index in [2.05, 4.69) is 37.9 Å².